The lowest BCUT2D eigenvalue weighted by Crippen LogP contribution is -2.07. The first-order valence-electron chi connectivity index (χ1n) is 7.85. The van der Waals surface area contributed by atoms with Gasteiger partial charge in [0.2, 0.25) is 0 Å². The fraction of sp³-hybridized carbons (Fsp3) is 0.667. The lowest BCUT2D eigenvalue weighted by molar-refractivity contribution is 0.503. The summed E-state index contributed by atoms with van der Waals surface area (Å²) in [5, 5.41) is 0. The summed E-state index contributed by atoms with van der Waals surface area (Å²) in [4.78, 5) is 0. The Morgan fingerprint density at radius 3 is 2.72 bits per heavy atom. The number of unbranched alkanes of at least 4 members (excludes halogenated alkanes) is 1. The van der Waals surface area contributed by atoms with Crippen molar-refractivity contribution in [3.63, 3.8) is 0 Å². The summed E-state index contributed by atoms with van der Waals surface area (Å²) in [5.74, 6) is 0.799. The van der Waals surface area contributed by atoms with Crippen LogP contribution in [-0.2, 0) is 0 Å². The standard InChI is InChI=1S/C18H30/c1-4-7-12-18(15-16(6-3)11-5-2)17-13-9-8-10-14-17/h8-9,11,13,18H,4-7,10,12,14-15H2,1-3H3/b16-11+. The molecule has 0 aromatic rings. The van der Waals surface area contributed by atoms with E-state index in [1.54, 1.807) is 11.1 Å². The summed E-state index contributed by atoms with van der Waals surface area (Å²) < 4.78 is 0. The van der Waals surface area contributed by atoms with Gasteiger partial charge >= 0.3 is 0 Å². The van der Waals surface area contributed by atoms with Crippen LogP contribution < -0.4 is 0 Å². The maximum Gasteiger partial charge on any atom is -0.0163 e. The molecule has 102 valence electrons. The van der Waals surface area contributed by atoms with E-state index in [4.69, 9.17) is 0 Å². The molecule has 1 rings (SSSR count). The highest BCUT2D eigenvalue weighted by Crippen LogP contribution is 2.31. The largest absolute Gasteiger partial charge is 0.0856 e. The molecule has 0 radical (unpaired) electrons. The summed E-state index contributed by atoms with van der Waals surface area (Å²) in [7, 11) is 0. The minimum Gasteiger partial charge on any atom is -0.0856 e. The van der Waals surface area contributed by atoms with E-state index < -0.39 is 0 Å². The molecule has 1 aliphatic rings. The smallest absolute Gasteiger partial charge is 0.0163 e. The van der Waals surface area contributed by atoms with E-state index in [1.807, 2.05) is 0 Å². The van der Waals surface area contributed by atoms with Gasteiger partial charge in [0, 0.05) is 0 Å². The molecule has 0 heteroatoms. The Kier molecular flexibility index (Phi) is 7.80. The average molecular weight is 246 g/mol. The van der Waals surface area contributed by atoms with E-state index in [2.05, 4.69) is 45.1 Å². The van der Waals surface area contributed by atoms with E-state index >= 15 is 0 Å². The second-order valence-corrected chi connectivity index (χ2v) is 5.38. The summed E-state index contributed by atoms with van der Waals surface area (Å²) in [6, 6.07) is 0. The van der Waals surface area contributed by atoms with E-state index in [0.29, 0.717) is 0 Å². The van der Waals surface area contributed by atoms with Gasteiger partial charge in [0.05, 0.1) is 0 Å². The predicted octanol–water partition coefficient (Wildman–Crippen LogP) is 6.21. The first kappa shape index (κ1) is 15.3. The first-order chi connectivity index (χ1) is 8.81. The molecule has 0 amide bonds. The van der Waals surface area contributed by atoms with Crippen LogP contribution in [0.3, 0.4) is 0 Å². The molecule has 1 unspecified atom stereocenters. The third-order valence-electron chi connectivity index (χ3n) is 3.93. The van der Waals surface area contributed by atoms with Gasteiger partial charge in [0.1, 0.15) is 0 Å². The summed E-state index contributed by atoms with van der Waals surface area (Å²) >= 11 is 0. The molecular weight excluding hydrogens is 216 g/mol. The third kappa shape index (κ3) is 5.25. The van der Waals surface area contributed by atoms with Crippen LogP contribution in [0.25, 0.3) is 0 Å². The molecule has 0 bridgehead atoms. The Hall–Kier alpha value is -0.780. The average Bonchev–Trinajstić information content (AvgIpc) is 2.43. The van der Waals surface area contributed by atoms with Gasteiger partial charge in [-0.1, -0.05) is 69.1 Å². The molecule has 0 aromatic heterocycles. The highest BCUT2D eigenvalue weighted by molar-refractivity contribution is 5.22. The monoisotopic (exact) mass is 246 g/mol. The minimum atomic E-state index is 0.799. The Balaban J connectivity index is 2.68. The lowest BCUT2D eigenvalue weighted by atomic mass is 9.83. The molecule has 0 aromatic carbocycles. The van der Waals surface area contributed by atoms with Gasteiger partial charge < -0.3 is 0 Å². The molecule has 18 heavy (non-hydrogen) atoms. The van der Waals surface area contributed by atoms with Crippen molar-refractivity contribution < 1.29 is 0 Å². The van der Waals surface area contributed by atoms with Gasteiger partial charge in [0.25, 0.3) is 0 Å². The molecule has 1 aliphatic carbocycles. The van der Waals surface area contributed by atoms with Crippen LogP contribution in [0.1, 0.15) is 72.1 Å². The first-order valence-corrected chi connectivity index (χ1v) is 7.85. The second-order valence-electron chi connectivity index (χ2n) is 5.38. The van der Waals surface area contributed by atoms with Gasteiger partial charge in [-0.05, 0) is 44.4 Å². The summed E-state index contributed by atoms with van der Waals surface area (Å²) in [6.45, 7) is 6.85. The molecule has 0 spiro atoms. The molecule has 0 heterocycles. The van der Waals surface area contributed by atoms with Crippen molar-refractivity contribution in [2.24, 2.45) is 5.92 Å². The molecule has 0 nitrogen and oxygen atoms in total. The van der Waals surface area contributed by atoms with E-state index in [9.17, 15) is 0 Å². The Labute approximate surface area is 114 Å². The second kappa shape index (κ2) is 9.19. The predicted molar refractivity (Wildman–Crippen MR) is 82.8 cm³/mol. The van der Waals surface area contributed by atoms with Crippen molar-refractivity contribution in [3.8, 4) is 0 Å². The van der Waals surface area contributed by atoms with E-state index in [0.717, 1.165) is 5.92 Å². The van der Waals surface area contributed by atoms with Crippen molar-refractivity contribution in [1.29, 1.82) is 0 Å². The molecule has 0 saturated heterocycles. The maximum absolute atomic E-state index is 2.44. The van der Waals surface area contributed by atoms with Crippen LogP contribution in [-0.4, -0.2) is 0 Å². The van der Waals surface area contributed by atoms with Gasteiger partial charge in [-0.25, -0.2) is 0 Å². The molecule has 0 saturated carbocycles. The highest BCUT2D eigenvalue weighted by Gasteiger charge is 2.15. The van der Waals surface area contributed by atoms with Gasteiger partial charge in [-0.15, -0.1) is 0 Å². The fourth-order valence-corrected chi connectivity index (χ4v) is 2.81. The van der Waals surface area contributed by atoms with E-state index in [-0.39, 0.29) is 0 Å². The van der Waals surface area contributed by atoms with Crippen molar-refractivity contribution in [2.45, 2.75) is 72.1 Å². The van der Waals surface area contributed by atoms with Crippen molar-refractivity contribution in [2.75, 3.05) is 0 Å². The SMILES string of the molecule is CC/C=C(\CC)CC(CCCC)C1=CC=CCC1. The normalized spacial score (nSPS) is 17.7. The molecule has 1 atom stereocenters. The van der Waals surface area contributed by atoms with Crippen LogP contribution in [0.5, 0.6) is 0 Å². The molecule has 0 aliphatic heterocycles. The molecule has 0 N–H and O–H groups in total. The summed E-state index contributed by atoms with van der Waals surface area (Å²) in [6.07, 6.45) is 19.7. The van der Waals surface area contributed by atoms with Crippen LogP contribution in [0, 0.1) is 5.92 Å². The van der Waals surface area contributed by atoms with Gasteiger partial charge in [-0.3, -0.25) is 0 Å². The van der Waals surface area contributed by atoms with Crippen LogP contribution in [0.15, 0.2) is 35.5 Å². The van der Waals surface area contributed by atoms with Gasteiger partial charge in [0.15, 0.2) is 0 Å². The van der Waals surface area contributed by atoms with Crippen molar-refractivity contribution >= 4 is 0 Å². The van der Waals surface area contributed by atoms with Crippen molar-refractivity contribution in [3.05, 3.63) is 35.5 Å². The number of hydrogen-bond donors (Lipinski definition) is 0. The fourth-order valence-electron chi connectivity index (χ4n) is 2.81. The zero-order chi connectivity index (χ0) is 13.2. The Morgan fingerprint density at radius 1 is 1.33 bits per heavy atom. The van der Waals surface area contributed by atoms with Crippen molar-refractivity contribution in [1.82, 2.24) is 0 Å². The van der Waals surface area contributed by atoms with Crippen LogP contribution >= 0.6 is 0 Å². The zero-order valence-electron chi connectivity index (χ0n) is 12.5. The van der Waals surface area contributed by atoms with Crippen LogP contribution in [0.2, 0.25) is 0 Å². The number of allylic oxidation sites excluding steroid dienone is 6. The van der Waals surface area contributed by atoms with Gasteiger partial charge in [-0.2, -0.15) is 0 Å². The van der Waals surface area contributed by atoms with Crippen LogP contribution in [0.4, 0.5) is 0 Å². The minimum absolute atomic E-state index is 0.799. The third-order valence-corrected chi connectivity index (χ3v) is 3.93. The zero-order valence-corrected chi connectivity index (χ0v) is 12.5. The number of hydrogen-bond acceptors (Lipinski definition) is 0. The topological polar surface area (TPSA) is 0 Å². The number of rotatable bonds is 8. The Morgan fingerprint density at radius 2 is 2.17 bits per heavy atom. The molecular formula is C18H30. The lowest BCUT2D eigenvalue weighted by Gasteiger charge is -2.23. The molecule has 0 fully saturated rings. The summed E-state index contributed by atoms with van der Waals surface area (Å²) in [5.41, 5.74) is 3.36. The quantitative estimate of drug-likeness (QED) is 0.447. The highest BCUT2D eigenvalue weighted by atomic mass is 14.2. The Bertz CT molecular complexity index is 304. The van der Waals surface area contributed by atoms with E-state index in [1.165, 1.54) is 51.4 Å². The maximum atomic E-state index is 2.44.